The zero-order chi connectivity index (χ0) is 24.5. The van der Waals surface area contributed by atoms with Gasteiger partial charge in [-0.05, 0) is 47.5 Å². The number of carbonyl (C=O) groups excluding carboxylic acids is 4. The molecule has 0 saturated heterocycles. The second-order valence-electron chi connectivity index (χ2n) is 6.94. The Morgan fingerprint density at radius 1 is 0.588 bits per heavy atom. The van der Waals surface area contributed by atoms with Gasteiger partial charge in [-0.2, -0.15) is 0 Å². The summed E-state index contributed by atoms with van der Waals surface area (Å²) in [7, 11) is 2.58. The normalized spacial score (nSPS) is 10.2. The molecule has 1 heterocycles. The van der Waals surface area contributed by atoms with Crippen LogP contribution in [0.3, 0.4) is 0 Å². The van der Waals surface area contributed by atoms with Crippen molar-refractivity contribution in [1.82, 2.24) is 4.98 Å². The van der Waals surface area contributed by atoms with Crippen LogP contribution < -0.4 is 0 Å². The molecule has 9 nitrogen and oxygen atoms in total. The molecule has 0 aliphatic heterocycles. The van der Waals surface area contributed by atoms with Crippen molar-refractivity contribution in [2.45, 2.75) is 13.2 Å². The van der Waals surface area contributed by atoms with E-state index in [1.807, 2.05) is 0 Å². The van der Waals surface area contributed by atoms with Gasteiger partial charge >= 0.3 is 23.9 Å². The number of carbonyl (C=O) groups is 4. The van der Waals surface area contributed by atoms with Crippen LogP contribution in [0.25, 0.3) is 0 Å². The van der Waals surface area contributed by atoms with Gasteiger partial charge in [0.2, 0.25) is 0 Å². The number of aromatic nitrogens is 1. The molecule has 3 aromatic rings. The van der Waals surface area contributed by atoms with Crippen molar-refractivity contribution in [1.29, 1.82) is 0 Å². The maximum atomic E-state index is 12.4. The summed E-state index contributed by atoms with van der Waals surface area (Å²) in [6.07, 6.45) is 0. The van der Waals surface area contributed by atoms with E-state index >= 15 is 0 Å². The summed E-state index contributed by atoms with van der Waals surface area (Å²) in [5, 5.41) is 0. The molecule has 2 aromatic carbocycles. The van der Waals surface area contributed by atoms with Crippen molar-refractivity contribution in [3.63, 3.8) is 0 Å². The van der Waals surface area contributed by atoms with Gasteiger partial charge in [-0.15, -0.1) is 0 Å². The van der Waals surface area contributed by atoms with Gasteiger partial charge in [0.1, 0.15) is 24.6 Å². The van der Waals surface area contributed by atoms with Crippen LogP contribution in [0.5, 0.6) is 0 Å². The molecule has 9 heteroatoms. The predicted molar refractivity (Wildman–Crippen MR) is 118 cm³/mol. The molecule has 0 amide bonds. The van der Waals surface area contributed by atoms with Gasteiger partial charge in [-0.3, -0.25) is 0 Å². The second kappa shape index (κ2) is 11.4. The van der Waals surface area contributed by atoms with Crippen LogP contribution in [-0.4, -0.2) is 43.1 Å². The second-order valence-corrected chi connectivity index (χ2v) is 6.94. The van der Waals surface area contributed by atoms with Gasteiger partial charge in [-0.25, -0.2) is 24.2 Å². The molecular formula is C25H21NO8. The fourth-order valence-electron chi connectivity index (χ4n) is 2.82. The highest BCUT2D eigenvalue weighted by Gasteiger charge is 2.15. The monoisotopic (exact) mass is 463 g/mol. The maximum absolute atomic E-state index is 12.4. The molecule has 0 aliphatic rings. The quantitative estimate of drug-likeness (QED) is 0.366. The first-order chi connectivity index (χ1) is 16.4. The molecule has 0 N–H and O–H groups in total. The molecule has 1 aromatic heterocycles. The van der Waals surface area contributed by atoms with Crippen LogP contribution in [0.1, 0.15) is 52.8 Å². The number of rotatable bonds is 8. The Balaban J connectivity index is 1.55. The highest BCUT2D eigenvalue weighted by molar-refractivity contribution is 5.92. The van der Waals surface area contributed by atoms with E-state index in [1.54, 1.807) is 48.5 Å². The summed E-state index contributed by atoms with van der Waals surface area (Å²) in [5.41, 5.74) is 1.98. The van der Waals surface area contributed by atoms with Gasteiger partial charge in [0.25, 0.3) is 0 Å². The number of benzene rings is 2. The van der Waals surface area contributed by atoms with Crippen LogP contribution in [-0.2, 0) is 32.2 Å². The first-order valence-electron chi connectivity index (χ1n) is 10.1. The largest absolute Gasteiger partial charge is 0.465 e. The van der Waals surface area contributed by atoms with Crippen molar-refractivity contribution < 1.29 is 38.1 Å². The topological polar surface area (TPSA) is 118 Å². The maximum Gasteiger partial charge on any atom is 0.357 e. The summed E-state index contributed by atoms with van der Waals surface area (Å²) >= 11 is 0. The number of nitrogens with zero attached hydrogens (tertiary/aromatic N) is 1. The first-order valence-corrected chi connectivity index (χ1v) is 10.1. The lowest BCUT2D eigenvalue weighted by Crippen LogP contribution is -2.13. The molecule has 34 heavy (non-hydrogen) atoms. The summed E-state index contributed by atoms with van der Waals surface area (Å²) in [5.74, 6) is -2.36. The van der Waals surface area contributed by atoms with Crippen LogP contribution in [0.4, 0.5) is 0 Å². The Hall–Kier alpha value is -4.53. The fourth-order valence-corrected chi connectivity index (χ4v) is 2.82. The Morgan fingerprint density at radius 2 is 0.971 bits per heavy atom. The van der Waals surface area contributed by atoms with Crippen LogP contribution in [0.2, 0.25) is 0 Å². The molecule has 3 rings (SSSR count). The van der Waals surface area contributed by atoms with Gasteiger partial charge in [0.05, 0.1) is 25.3 Å². The Kier molecular flexibility index (Phi) is 8.07. The summed E-state index contributed by atoms with van der Waals surface area (Å²) in [6.45, 7) is -0.0869. The van der Waals surface area contributed by atoms with E-state index in [1.165, 1.54) is 32.4 Å². The van der Waals surface area contributed by atoms with Gasteiger partial charge < -0.3 is 18.9 Å². The first kappa shape index (κ1) is 24.1. The molecule has 0 bridgehead atoms. The summed E-state index contributed by atoms with van der Waals surface area (Å²) < 4.78 is 19.7. The Morgan fingerprint density at radius 3 is 1.32 bits per heavy atom. The minimum absolute atomic E-state index is 0.0434. The number of pyridine rings is 1. The fraction of sp³-hybridized carbons (Fsp3) is 0.160. The highest BCUT2D eigenvalue weighted by Crippen LogP contribution is 2.11. The molecule has 0 spiro atoms. The summed E-state index contributed by atoms with van der Waals surface area (Å²) in [6, 6.07) is 17.1. The number of ether oxygens (including phenoxy) is 4. The van der Waals surface area contributed by atoms with Gasteiger partial charge in [0.15, 0.2) is 0 Å². The lowest BCUT2D eigenvalue weighted by Gasteiger charge is -2.08. The van der Waals surface area contributed by atoms with E-state index in [-0.39, 0.29) is 24.6 Å². The molecule has 0 unspecified atom stereocenters. The van der Waals surface area contributed by atoms with E-state index in [0.29, 0.717) is 22.3 Å². The number of methoxy groups -OCH3 is 2. The average Bonchev–Trinajstić information content (AvgIpc) is 2.90. The van der Waals surface area contributed by atoms with Gasteiger partial charge in [-0.1, -0.05) is 30.3 Å². The zero-order valence-electron chi connectivity index (χ0n) is 18.5. The van der Waals surface area contributed by atoms with Crippen molar-refractivity contribution in [3.8, 4) is 0 Å². The lowest BCUT2D eigenvalue weighted by molar-refractivity contribution is 0.0453. The molecule has 0 atom stereocenters. The molecule has 174 valence electrons. The van der Waals surface area contributed by atoms with Crippen molar-refractivity contribution in [2.24, 2.45) is 0 Å². The number of hydrogen-bond donors (Lipinski definition) is 0. The lowest BCUT2D eigenvalue weighted by atomic mass is 10.1. The third-order valence-electron chi connectivity index (χ3n) is 4.66. The molecule has 0 radical (unpaired) electrons. The van der Waals surface area contributed by atoms with E-state index < -0.39 is 23.9 Å². The smallest absolute Gasteiger partial charge is 0.357 e. The SMILES string of the molecule is COC(=O)c1ccc(COC(=O)c2cccc(C(=O)OCc3ccc(C(=O)OC)cc3)n2)cc1. The van der Waals surface area contributed by atoms with Crippen molar-refractivity contribution in [2.75, 3.05) is 14.2 Å². The Labute approximate surface area is 195 Å². The van der Waals surface area contributed by atoms with Crippen molar-refractivity contribution in [3.05, 3.63) is 100 Å². The molecule has 0 aliphatic carbocycles. The van der Waals surface area contributed by atoms with Crippen molar-refractivity contribution >= 4 is 23.9 Å². The van der Waals surface area contributed by atoms with E-state index in [4.69, 9.17) is 9.47 Å². The van der Waals surface area contributed by atoms with E-state index in [0.717, 1.165) is 0 Å². The number of esters is 4. The average molecular weight is 463 g/mol. The highest BCUT2D eigenvalue weighted by atomic mass is 16.5. The third kappa shape index (κ3) is 6.26. The number of hydrogen-bond acceptors (Lipinski definition) is 9. The summed E-state index contributed by atoms with van der Waals surface area (Å²) in [4.78, 5) is 51.7. The third-order valence-corrected chi connectivity index (χ3v) is 4.66. The van der Waals surface area contributed by atoms with Crippen LogP contribution >= 0.6 is 0 Å². The van der Waals surface area contributed by atoms with E-state index in [2.05, 4.69) is 14.5 Å². The predicted octanol–water partition coefficient (Wildman–Crippen LogP) is 3.37. The standard InChI is InChI=1S/C25H21NO8/c1-31-22(27)18-10-6-16(7-11-18)14-33-24(29)20-4-3-5-21(26-20)25(30)34-15-17-8-12-19(13-9-17)23(28)32-2/h3-13H,14-15H2,1-2H3. The zero-order valence-corrected chi connectivity index (χ0v) is 18.5. The van der Waals surface area contributed by atoms with Crippen LogP contribution in [0, 0.1) is 0 Å². The molecule has 0 saturated carbocycles. The molecular weight excluding hydrogens is 442 g/mol. The Bertz CT molecular complexity index is 1100. The molecule has 0 fully saturated rings. The minimum Gasteiger partial charge on any atom is -0.465 e. The van der Waals surface area contributed by atoms with Crippen LogP contribution in [0.15, 0.2) is 66.7 Å². The van der Waals surface area contributed by atoms with E-state index in [9.17, 15) is 19.2 Å². The van der Waals surface area contributed by atoms with Gasteiger partial charge in [0, 0.05) is 0 Å². The minimum atomic E-state index is -0.718.